The zero-order valence-corrected chi connectivity index (χ0v) is 8.15. The van der Waals surface area contributed by atoms with Crippen LogP contribution in [0.25, 0.3) is 0 Å². The molecule has 5 heteroatoms. The van der Waals surface area contributed by atoms with E-state index in [1.54, 1.807) is 19.1 Å². The predicted molar refractivity (Wildman–Crippen MR) is 55.9 cm³/mol. The molecule has 1 aromatic carbocycles. The summed E-state index contributed by atoms with van der Waals surface area (Å²) in [6, 6.07) is 5.84. The van der Waals surface area contributed by atoms with Crippen LogP contribution in [0.15, 0.2) is 24.3 Å². The first-order valence-corrected chi connectivity index (χ1v) is 4.17. The first-order valence-electron chi connectivity index (χ1n) is 3.80. The van der Waals surface area contributed by atoms with Gasteiger partial charge in [0.2, 0.25) is 5.17 Å². The van der Waals surface area contributed by atoms with Crippen LogP contribution in [0.2, 0.25) is 0 Å². The van der Waals surface area contributed by atoms with E-state index in [0.29, 0.717) is 5.56 Å². The van der Waals surface area contributed by atoms with Crippen LogP contribution in [0, 0.1) is 10.1 Å². The minimum atomic E-state index is -0.465. The van der Waals surface area contributed by atoms with Crippen molar-refractivity contribution in [3.63, 3.8) is 0 Å². The Balaban J connectivity index is 3.06. The molecule has 0 saturated carbocycles. The maximum absolute atomic E-state index is 10.3. The van der Waals surface area contributed by atoms with Gasteiger partial charge in [-0.2, -0.15) is 0 Å². The van der Waals surface area contributed by atoms with Gasteiger partial charge in [-0.05, 0) is 12.5 Å². The van der Waals surface area contributed by atoms with Gasteiger partial charge >= 0.3 is 0 Å². The average Bonchev–Trinajstić information content (AvgIpc) is 2.18. The molecule has 72 valence electrons. The zero-order chi connectivity index (χ0) is 10.6. The van der Waals surface area contributed by atoms with Gasteiger partial charge in [-0.1, -0.05) is 12.1 Å². The summed E-state index contributed by atoms with van der Waals surface area (Å²) >= 11 is 5.76. The van der Waals surface area contributed by atoms with Crippen molar-refractivity contribution in [2.75, 3.05) is 0 Å². The molecule has 0 aromatic heterocycles. The standard InChI is InChI=1S/C9H7ClN2O2/c1-2-11-9(10)7-3-5-8(6-4-7)12(13)14/h3-6H,1H3. The average molecular weight is 211 g/mol. The molecule has 4 nitrogen and oxygen atoms in total. The maximum atomic E-state index is 10.3. The molecular formula is C9H7ClN2O2. The monoisotopic (exact) mass is 210 g/mol. The van der Waals surface area contributed by atoms with Gasteiger partial charge in [-0.15, -0.1) is 11.6 Å². The van der Waals surface area contributed by atoms with E-state index < -0.39 is 4.92 Å². The van der Waals surface area contributed by atoms with Crippen LogP contribution >= 0.6 is 11.6 Å². The second-order valence-electron chi connectivity index (χ2n) is 2.43. The lowest BCUT2D eigenvalue weighted by molar-refractivity contribution is -0.384. The molecule has 0 spiro atoms. The lowest BCUT2D eigenvalue weighted by Crippen LogP contribution is -1.96. The number of nitrogens with zero attached hydrogens (tertiary/aromatic N) is 2. The topological polar surface area (TPSA) is 57.2 Å². The lowest BCUT2D eigenvalue weighted by Gasteiger charge is -1.94. The van der Waals surface area contributed by atoms with Gasteiger partial charge in [-0.25, -0.2) is 0 Å². The van der Waals surface area contributed by atoms with Crippen LogP contribution in [0.4, 0.5) is 5.69 Å². The van der Waals surface area contributed by atoms with Gasteiger partial charge in [0, 0.05) is 12.1 Å². The Labute approximate surface area is 85.7 Å². The maximum Gasteiger partial charge on any atom is 0.269 e. The fourth-order valence-corrected chi connectivity index (χ4v) is 1.09. The third-order valence-corrected chi connectivity index (χ3v) is 1.83. The van der Waals surface area contributed by atoms with Crippen LogP contribution in [-0.4, -0.2) is 16.3 Å². The van der Waals surface area contributed by atoms with Crippen LogP contribution in [0.5, 0.6) is 0 Å². The summed E-state index contributed by atoms with van der Waals surface area (Å²) < 4.78 is 3.73. The molecule has 0 N–H and O–H groups in total. The van der Waals surface area contributed by atoms with Crippen molar-refractivity contribution >= 4 is 28.7 Å². The molecule has 0 aliphatic carbocycles. The first-order chi connectivity index (χ1) is 6.65. The van der Waals surface area contributed by atoms with Crippen LogP contribution < -0.4 is 4.67 Å². The molecule has 1 rings (SSSR count). The Kier molecular flexibility index (Phi) is 3.40. The van der Waals surface area contributed by atoms with Crippen LogP contribution in [0.1, 0.15) is 12.5 Å². The molecule has 0 fully saturated rings. The van der Waals surface area contributed by atoms with Crippen molar-refractivity contribution in [2.45, 2.75) is 6.92 Å². The highest BCUT2D eigenvalue weighted by atomic mass is 35.5. The number of benzene rings is 1. The highest BCUT2D eigenvalue weighted by Gasteiger charge is 2.05. The van der Waals surface area contributed by atoms with E-state index in [0.717, 1.165) is 0 Å². The molecule has 0 aliphatic rings. The van der Waals surface area contributed by atoms with Crippen LogP contribution in [-0.2, 0) is 0 Å². The third kappa shape index (κ3) is 2.42. The fourth-order valence-electron chi connectivity index (χ4n) is 0.883. The van der Waals surface area contributed by atoms with E-state index in [4.69, 9.17) is 11.6 Å². The van der Waals surface area contributed by atoms with Gasteiger partial charge in [0.25, 0.3) is 5.69 Å². The van der Waals surface area contributed by atoms with E-state index >= 15 is 0 Å². The smallest absolute Gasteiger partial charge is 0.269 e. The van der Waals surface area contributed by atoms with E-state index in [2.05, 4.69) is 10.9 Å². The van der Waals surface area contributed by atoms with Gasteiger partial charge < -0.3 is 0 Å². The number of nitro benzene ring substituents is 1. The molecule has 14 heavy (non-hydrogen) atoms. The van der Waals surface area contributed by atoms with Gasteiger partial charge in [-0.3, -0.25) is 14.8 Å². The predicted octanol–water partition coefficient (Wildman–Crippen LogP) is 1.62. The summed E-state index contributed by atoms with van der Waals surface area (Å²) in [6.07, 6.45) is 2.53. The Morgan fingerprint density at radius 2 is 2.07 bits per heavy atom. The number of non-ortho nitro benzene ring substituents is 1. The second kappa shape index (κ2) is 4.56. The second-order valence-corrected chi connectivity index (χ2v) is 2.79. The summed E-state index contributed by atoms with van der Waals surface area (Å²) in [5, 5.41) is 10.6. The zero-order valence-electron chi connectivity index (χ0n) is 7.40. The van der Waals surface area contributed by atoms with E-state index in [9.17, 15) is 10.1 Å². The molecular weight excluding hydrogens is 204 g/mol. The molecule has 1 aromatic rings. The van der Waals surface area contributed by atoms with Crippen molar-refractivity contribution in [2.24, 2.45) is 0 Å². The first kappa shape index (κ1) is 10.4. The summed E-state index contributed by atoms with van der Waals surface area (Å²) in [7, 11) is 0. The Morgan fingerprint density at radius 1 is 1.50 bits per heavy atom. The van der Waals surface area contributed by atoms with Gasteiger partial charge in [0.05, 0.1) is 4.92 Å². The minimum Gasteiger partial charge on any atom is -0.270 e. The Bertz CT molecular complexity index is 405. The van der Waals surface area contributed by atoms with Crippen molar-refractivity contribution in [3.05, 3.63) is 39.9 Å². The minimum absolute atomic E-state index is 0.0303. The Morgan fingerprint density at radius 3 is 2.50 bits per heavy atom. The van der Waals surface area contributed by atoms with Crippen molar-refractivity contribution in [1.29, 1.82) is 0 Å². The molecule has 0 atom stereocenters. The highest BCUT2D eigenvalue weighted by Crippen LogP contribution is 2.12. The van der Waals surface area contributed by atoms with Crippen molar-refractivity contribution < 1.29 is 4.92 Å². The number of rotatable bonds is 2. The molecule has 0 heterocycles. The van der Waals surface area contributed by atoms with Gasteiger partial charge in [0.15, 0.2) is 6.21 Å². The van der Waals surface area contributed by atoms with Crippen molar-refractivity contribution in [1.82, 2.24) is 4.67 Å². The summed E-state index contributed by atoms with van der Waals surface area (Å²) in [5.74, 6) is 0. The Hall–Kier alpha value is -1.64. The molecule has 0 aliphatic heterocycles. The van der Waals surface area contributed by atoms with Gasteiger partial charge in [0.1, 0.15) is 0 Å². The SMILES string of the molecule is C[C-]=[N+]=C(Cl)c1ccc([N+](=O)[O-])cc1. The quantitative estimate of drug-likeness (QED) is 0.245. The molecule has 0 radical (unpaired) electrons. The molecule has 0 unspecified atom stereocenters. The molecule has 0 amide bonds. The van der Waals surface area contributed by atoms with Crippen molar-refractivity contribution in [3.8, 4) is 0 Å². The fraction of sp³-hybridized carbons (Fsp3) is 0.111. The number of nitro groups is 1. The third-order valence-electron chi connectivity index (χ3n) is 1.53. The number of hydrogen-bond acceptors (Lipinski definition) is 2. The normalized spacial score (nSPS) is 9.00. The number of halogens is 1. The van der Waals surface area contributed by atoms with E-state index in [1.165, 1.54) is 12.1 Å². The van der Waals surface area contributed by atoms with Crippen LogP contribution in [0.3, 0.4) is 0 Å². The number of hydrogen-bond donors (Lipinski definition) is 0. The highest BCUT2D eigenvalue weighted by molar-refractivity contribution is 6.69. The summed E-state index contributed by atoms with van der Waals surface area (Å²) in [5.41, 5.74) is 0.661. The van der Waals surface area contributed by atoms with E-state index in [1.807, 2.05) is 0 Å². The van der Waals surface area contributed by atoms with E-state index in [-0.39, 0.29) is 10.9 Å². The largest absolute Gasteiger partial charge is 0.270 e. The lowest BCUT2D eigenvalue weighted by atomic mass is 10.2. The molecule has 0 bridgehead atoms. The summed E-state index contributed by atoms with van der Waals surface area (Å²) in [4.78, 5) is 9.87. The summed E-state index contributed by atoms with van der Waals surface area (Å²) in [6.45, 7) is 1.62. The molecule has 0 saturated heterocycles.